The van der Waals surface area contributed by atoms with Gasteiger partial charge in [0, 0.05) is 35.8 Å². The van der Waals surface area contributed by atoms with Crippen LogP contribution in [0, 0.1) is 0 Å². The fourth-order valence-corrected chi connectivity index (χ4v) is 5.87. The number of aromatic nitrogens is 2. The van der Waals surface area contributed by atoms with Crippen LogP contribution in [0.1, 0.15) is 28.9 Å². The highest BCUT2D eigenvalue weighted by molar-refractivity contribution is 7.17. The van der Waals surface area contributed by atoms with Gasteiger partial charge in [-0.1, -0.05) is 24.3 Å². The van der Waals surface area contributed by atoms with Gasteiger partial charge in [0.2, 0.25) is 5.78 Å². The Morgan fingerprint density at radius 1 is 1.03 bits per heavy atom. The van der Waals surface area contributed by atoms with Gasteiger partial charge < -0.3 is 23.9 Å². The number of ether oxygens (including phenoxy) is 2. The highest BCUT2D eigenvalue weighted by Gasteiger charge is 2.21. The van der Waals surface area contributed by atoms with Crippen LogP contribution >= 0.6 is 11.3 Å². The lowest BCUT2D eigenvalue weighted by molar-refractivity contribution is 0.103. The molecule has 1 N–H and O–H groups in total. The Hall–Kier alpha value is -3.55. The second kappa shape index (κ2) is 9.84. The van der Waals surface area contributed by atoms with E-state index in [2.05, 4.69) is 27.4 Å². The number of aryl methyl sites for hydroxylation is 1. The number of nitrogens with zero attached hydrogens (tertiary/aromatic N) is 2. The third-order valence-electron chi connectivity index (χ3n) is 6.93. The topological polar surface area (TPSA) is 57.4 Å². The predicted molar refractivity (Wildman–Crippen MR) is 145 cm³/mol. The van der Waals surface area contributed by atoms with Crippen molar-refractivity contribution in [1.82, 2.24) is 14.5 Å². The molecule has 7 heteroatoms. The summed E-state index contributed by atoms with van der Waals surface area (Å²) in [5, 5.41) is 6.38. The monoisotopic (exact) mass is 499 g/mol. The smallest absolute Gasteiger partial charge is 0.211 e. The fourth-order valence-electron chi connectivity index (χ4n) is 5.02. The lowest BCUT2D eigenvalue weighted by atomic mass is 10.1. The van der Waals surface area contributed by atoms with E-state index in [0.29, 0.717) is 18.8 Å². The van der Waals surface area contributed by atoms with Gasteiger partial charge >= 0.3 is 0 Å². The number of para-hydroxylation sites is 1. The molecule has 184 valence electrons. The first kappa shape index (κ1) is 22.9. The molecule has 4 heterocycles. The normalized spacial score (nSPS) is 14.5. The van der Waals surface area contributed by atoms with Crippen LogP contribution in [-0.4, -0.2) is 40.7 Å². The molecule has 0 spiro atoms. The Kier molecular flexibility index (Phi) is 6.25. The van der Waals surface area contributed by atoms with Crippen molar-refractivity contribution in [2.24, 2.45) is 7.05 Å². The summed E-state index contributed by atoms with van der Waals surface area (Å²) in [5.41, 5.74) is 3.55. The fraction of sp³-hybridized carbons (Fsp3) is 0.276. The summed E-state index contributed by atoms with van der Waals surface area (Å²) in [6.45, 7) is 3.12. The Balaban J connectivity index is 1.18. The van der Waals surface area contributed by atoms with E-state index in [1.54, 1.807) is 11.3 Å². The van der Waals surface area contributed by atoms with Gasteiger partial charge in [0.05, 0.1) is 22.5 Å². The third kappa shape index (κ3) is 4.40. The molecule has 36 heavy (non-hydrogen) atoms. The van der Waals surface area contributed by atoms with Crippen LogP contribution < -0.4 is 14.8 Å². The molecule has 1 aliphatic heterocycles. The van der Waals surface area contributed by atoms with E-state index >= 15 is 0 Å². The van der Waals surface area contributed by atoms with Crippen LogP contribution in [-0.2, 0) is 13.6 Å². The maximum atomic E-state index is 13.6. The van der Waals surface area contributed by atoms with Gasteiger partial charge in [-0.3, -0.25) is 4.79 Å². The number of hydrogen-bond acceptors (Lipinski definition) is 5. The van der Waals surface area contributed by atoms with Gasteiger partial charge in [-0.2, -0.15) is 0 Å². The molecule has 0 unspecified atom stereocenters. The SMILES string of the molecule is Cn1c(C(=O)c2cn(CCOc3cccc(OC4CCNCC4)c3)c3ccccc23)cc2sccc21. The summed E-state index contributed by atoms with van der Waals surface area (Å²) in [5.74, 6) is 1.68. The average molecular weight is 500 g/mol. The minimum Gasteiger partial charge on any atom is -0.492 e. The van der Waals surface area contributed by atoms with E-state index in [0.717, 1.165) is 64.1 Å². The molecule has 3 aromatic heterocycles. The van der Waals surface area contributed by atoms with E-state index < -0.39 is 0 Å². The standard InChI is InChI=1S/C29H29N3O3S/c1-31-26-11-16-36-28(26)18-27(31)29(33)24-19-32(25-8-3-2-7-23(24)25)14-15-34-21-5-4-6-22(17-21)35-20-9-12-30-13-10-20/h2-8,11,16-20,30H,9-10,12-15H2,1H3. The Bertz CT molecular complexity index is 1520. The second-order valence-electron chi connectivity index (χ2n) is 9.23. The number of carbonyl (C=O) groups excluding carboxylic acids is 1. The molecule has 0 atom stereocenters. The Labute approximate surface area is 214 Å². The summed E-state index contributed by atoms with van der Waals surface area (Å²) in [4.78, 5) is 13.6. The van der Waals surface area contributed by atoms with Crippen LogP contribution in [0.2, 0.25) is 0 Å². The van der Waals surface area contributed by atoms with Crippen molar-refractivity contribution in [2.45, 2.75) is 25.5 Å². The van der Waals surface area contributed by atoms with Crippen molar-refractivity contribution in [3.63, 3.8) is 0 Å². The van der Waals surface area contributed by atoms with Gasteiger partial charge in [0.1, 0.15) is 24.2 Å². The van der Waals surface area contributed by atoms with Gasteiger partial charge in [-0.15, -0.1) is 11.3 Å². The summed E-state index contributed by atoms with van der Waals surface area (Å²) in [6, 6.07) is 20.0. The maximum absolute atomic E-state index is 13.6. The van der Waals surface area contributed by atoms with E-state index in [4.69, 9.17) is 9.47 Å². The molecular weight excluding hydrogens is 470 g/mol. The van der Waals surface area contributed by atoms with Crippen LogP contribution in [0.15, 0.2) is 72.2 Å². The molecule has 5 aromatic rings. The van der Waals surface area contributed by atoms with Crippen molar-refractivity contribution >= 4 is 38.2 Å². The van der Waals surface area contributed by atoms with Gasteiger partial charge in [-0.25, -0.2) is 0 Å². The quantitative estimate of drug-likeness (QED) is 0.281. The van der Waals surface area contributed by atoms with Crippen LogP contribution in [0.3, 0.4) is 0 Å². The molecule has 1 saturated heterocycles. The number of nitrogens with one attached hydrogen (secondary N) is 1. The third-order valence-corrected chi connectivity index (χ3v) is 7.78. The number of ketones is 1. The van der Waals surface area contributed by atoms with Crippen molar-refractivity contribution in [1.29, 1.82) is 0 Å². The van der Waals surface area contributed by atoms with Gasteiger partial charge in [0.25, 0.3) is 0 Å². The maximum Gasteiger partial charge on any atom is 0.211 e. The van der Waals surface area contributed by atoms with Crippen LogP contribution in [0.4, 0.5) is 0 Å². The lowest BCUT2D eigenvalue weighted by Crippen LogP contribution is -2.34. The minimum absolute atomic E-state index is 0.0412. The van der Waals surface area contributed by atoms with Crippen molar-refractivity contribution in [3.05, 3.63) is 83.5 Å². The number of hydrogen-bond donors (Lipinski definition) is 1. The summed E-state index contributed by atoms with van der Waals surface area (Å²) in [7, 11) is 1.96. The molecule has 6 rings (SSSR count). The molecular formula is C29H29N3O3S. The first-order valence-electron chi connectivity index (χ1n) is 12.4. The van der Waals surface area contributed by atoms with Crippen molar-refractivity contribution < 1.29 is 14.3 Å². The molecule has 1 aliphatic rings. The molecule has 0 bridgehead atoms. The number of fused-ring (bicyclic) bond motifs is 2. The predicted octanol–water partition coefficient (Wildman–Crippen LogP) is 5.64. The average Bonchev–Trinajstić information content (AvgIpc) is 3.60. The van der Waals surface area contributed by atoms with E-state index in [-0.39, 0.29) is 11.9 Å². The van der Waals surface area contributed by atoms with Crippen molar-refractivity contribution in [3.8, 4) is 11.5 Å². The highest BCUT2D eigenvalue weighted by atomic mass is 32.1. The van der Waals surface area contributed by atoms with Gasteiger partial charge in [0.15, 0.2) is 0 Å². The zero-order chi connectivity index (χ0) is 24.5. The minimum atomic E-state index is 0.0412. The summed E-state index contributed by atoms with van der Waals surface area (Å²) in [6.07, 6.45) is 4.26. The van der Waals surface area contributed by atoms with Crippen LogP contribution in [0.5, 0.6) is 11.5 Å². The number of piperidine rings is 1. The van der Waals surface area contributed by atoms with Crippen LogP contribution in [0.25, 0.3) is 21.1 Å². The largest absolute Gasteiger partial charge is 0.492 e. The highest BCUT2D eigenvalue weighted by Crippen LogP contribution is 2.29. The number of thiophene rings is 1. The van der Waals surface area contributed by atoms with Crippen molar-refractivity contribution in [2.75, 3.05) is 19.7 Å². The molecule has 1 fully saturated rings. The zero-order valence-electron chi connectivity index (χ0n) is 20.3. The number of rotatable bonds is 8. The molecule has 0 amide bonds. The van der Waals surface area contributed by atoms with Gasteiger partial charge in [-0.05, 0) is 61.6 Å². The number of benzene rings is 2. The molecule has 6 nitrogen and oxygen atoms in total. The molecule has 0 radical (unpaired) electrons. The van der Waals surface area contributed by atoms with E-state index in [9.17, 15) is 4.79 Å². The Morgan fingerprint density at radius 2 is 1.86 bits per heavy atom. The summed E-state index contributed by atoms with van der Waals surface area (Å²) >= 11 is 1.66. The number of carbonyl (C=O) groups is 1. The first-order chi connectivity index (χ1) is 17.7. The van der Waals surface area contributed by atoms with E-state index in [1.807, 2.05) is 66.3 Å². The second-order valence-corrected chi connectivity index (χ2v) is 10.2. The lowest BCUT2D eigenvalue weighted by Gasteiger charge is -2.24. The first-order valence-corrected chi connectivity index (χ1v) is 13.3. The van der Waals surface area contributed by atoms with E-state index in [1.165, 1.54) is 0 Å². The summed E-state index contributed by atoms with van der Waals surface area (Å²) < 4.78 is 17.5. The zero-order valence-corrected chi connectivity index (χ0v) is 21.1. The molecule has 0 aliphatic carbocycles. The molecule has 0 saturated carbocycles. The Morgan fingerprint density at radius 3 is 2.72 bits per heavy atom. The molecule has 2 aromatic carbocycles.